The fourth-order valence-corrected chi connectivity index (χ4v) is 6.59. The van der Waals surface area contributed by atoms with Gasteiger partial charge in [0.25, 0.3) is 0 Å². The maximum Gasteiger partial charge on any atom is 0.365 e. The molecule has 13 heteroatoms. The average Bonchev–Trinajstić information content (AvgIpc) is 3.65. The molecular formula is C31H30N8O4S. The van der Waals surface area contributed by atoms with Crippen molar-refractivity contribution in [2.24, 2.45) is 0 Å². The van der Waals surface area contributed by atoms with Crippen molar-refractivity contribution in [2.75, 3.05) is 24.2 Å². The summed E-state index contributed by atoms with van der Waals surface area (Å²) in [7, 11) is -3.37. The van der Waals surface area contributed by atoms with Crippen LogP contribution in [0.2, 0.25) is 0 Å². The lowest BCUT2D eigenvalue weighted by Crippen LogP contribution is -2.64. The van der Waals surface area contributed by atoms with E-state index in [0.29, 0.717) is 33.5 Å². The number of aromatic nitrogens is 5. The van der Waals surface area contributed by atoms with Gasteiger partial charge in [-0.3, -0.25) is 4.68 Å². The van der Waals surface area contributed by atoms with Gasteiger partial charge in [0.05, 0.1) is 41.4 Å². The minimum Gasteiger partial charge on any atom is -0.355 e. The molecule has 0 spiro atoms. The zero-order valence-corrected chi connectivity index (χ0v) is 25.2. The number of nitrogens with one attached hydrogen (secondary N) is 1. The zero-order chi connectivity index (χ0) is 31.1. The van der Waals surface area contributed by atoms with Gasteiger partial charge < -0.3 is 10.2 Å². The molecule has 6 rings (SSSR count). The van der Waals surface area contributed by atoms with Crippen molar-refractivity contribution in [1.82, 2.24) is 28.8 Å². The molecule has 1 aliphatic heterocycles. The summed E-state index contributed by atoms with van der Waals surface area (Å²) < 4.78 is 29.0. The molecule has 224 valence electrons. The van der Waals surface area contributed by atoms with E-state index in [4.69, 9.17) is 4.84 Å². The highest BCUT2D eigenvalue weighted by Crippen LogP contribution is 2.36. The van der Waals surface area contributed by atoms with Crippen molar-refractivity contribution in [3.63, 3.8) is 0 Å². The summed E-state index contributed by atoms with van der Waals surface area (Å²) in [5, 5.41) is 18.0. The summed E-state index contributed by atoms with van der Waals surface area (Å²) >= 11 is 0. The molecule has 1 aliphatic rings. The van der Waals surface area contributed by atoms with E-state index in [0.717, 1.165) is 16.8 Å². The van der Waals surface area contributed by atoms with E-state index in [2.05, 4.69) is 26.5 Å². The van der Waals surface area contributed by atoms with Crippen LogP contribution in [0, 0.1) is 25.2 Å². The van der Waals surface area contributed by atoms with Gasteiger partial charge in [0.2, 0.25) is 10.0 Å². The number of para-hydroxylation sites is 1. The third kappa shape index (κ3) is 5.08. The number of hydrogen-bond acceptors (Lipinski definition) is 9. The van der Waals surface area contributed by atoms with Crippen molar-refractivity contribution >= 4 is 38.4 Å². The molecule has 12 nitrogen and oxygen atoms in total. The molecule has 3 aromatic heterocycles. The van der Waals surface area contributed by atoms with E-state index in [1.165, 1.54) is 15.4 Å². The Labute approximate surface area is 254 Å². The predicted molar refractivity (Wildman–Crippen MR) is 165 cm³/mol. The first-order valence-corrected chi connectivity index (χ1v) is 15.6. The number of hydrogen-bond donors (Lipinski definition) is 1. The fourth-order valence-electron chi connectivity index (χ4n) is 5.35. The van der Waals surface area contributed by atoms with Crippen LogP contribution in [-0.2, 0) is 15.6 Å². The van der Waals surface area contributed by atoms with Gasteiger partial charge in [0.1, 0.15) is 11.9 Å². The van der Waals surface area contributed by atoms with Crippen LogP contribution < -0.4 is 10.2 Å². The summed E-state index contributed by atoms with van der Waals surface area (Å²) in [6.45, 7) is 5.99. The largest absolute Gasteiger partial charge is 0.365 e. The molecule has 1 saturated heterocycles. The molecule has 0 amide bonds. The predicted octanol–water partition coefficient (Wildman–Crippen LogP) is 4.20. The molecule has 0 bridgehead atoms. The molecule has 2 aromatic carbocycles. The average molecular weight is 611 g/mol. The summed E-state index contributed by atoms with van der Waals surface area (Å²) in [6.07, 6.45) is 6.46. The number of anilines is 2. The lowest BCUT2D eigenvalue weighted by atomic mass is 9.89. The normalized spacial score (nSPS) is 14.6. The number of nitrogens with zero attached hydrogens (tertiary/aromatic N) is 7. The number of carbonyl (C=O) groups is 1. The Morgan fingerprint density at radius 3 is 2.64 bits per heavy atom. The lowest BCUT2D eigenvalue weighted by molar-refractivity contribution is 0.0481. The molecule has 0 aliphatic carbocycles. The van der Waals surface area contributed by atoms with Gasteiger partial charge in [-0.2, -0.15) is 19.4 Å². The Morgan fingerprint density at radius 2 is 1.86 bits per heavy atom. The molecule has 1 N–H and O–H groups in total. The number of aryl methyl sites for hydroxylation is 1. The number of carbonyl (C=O) groups excluding carboxylic acids is 1. The lowest BCUT2D eigenvalue weighted by Gasteiger charge is -2.47. The van der Waals surface area contributed by atoms with Crippen LogP contribution in [0.5, 0.6) is 0 Å². The van der Waals surface area contributed by atoms with Gasteiger partial charge in [0, 0.05) is 42.1 Å². The van der Waals surface area contributed by atoms with E-state index in [1.807, 2.05) is 44.2 Å². The second-order valence-electron chi connectivity index (χ2n) is 10.8. The van der Waals surface area contributed by atoms with E-state index in [1.54, 1.807) is 48.4 Å². The number of nitriles is 1. The molecule has 0 saturated carbocycles. The summed E-state index contributed by atoms with van der Waals surface area (Å²) in [6, 6.07) is 17.0. The number of fused-ring (bicyclic) bond motifs is 1. The third-order valence-electron chi connectivity index (χ3n) is 8.10. The Morgan fingerprint density at radius 1 is 1.09 bits per heavy atom. The third-order valence-corrected chi connectivity index (χ3v) is 9.87. The Balaban J connectivity index is 1.26. The fraction of sp³-hybridized carbons (Fsp3) is 0.258. The van der Waals surface area contributed by atoms with Gasteiger partial charge in [-0.05, 0) is 56.2 Å². The van der Waals surface area contributed by atoms with Crippen LogP contribution in [0.1, 0.15) is 34.8 Å². The van der Waals surface area contributed by atoms with Gasteiger partial charge in [-0.1, -0.05) is 24.3 Å². The van der Waals surface area contributed by atoms with E-state index >= 15 is 0 Å². The molecule has 5 aromatic rings. The first-order chi connectivity index (χ1) is 21.2. The van der Waals surface area contributed by atoms with Crippen molar-refractivity contribution in [2.45, 2.75) is 32.7 Å². The summed E-state index contributed by atoms with van der Waals surface area (Å²) in [5.74, 6) is -0.575. The summed E-state index contributed by atoms with van der Waals surface area (Å²) in [4.78, 5) is 28.0. The van der Waals surface area contributed by atoms with E-state index in [9.17, 15) is 18.5 Å². The molecule has 44 heavy (non-hydrogen) atoms. The van der Waals surface area contributed by atoms with Crippen molar-refractivity contribution < 1.29 is 18.0 Å². The van der Waals surface area contributed by atoms with Gasteiger partial charge >= 0.3 is 5.97 Å². The Hall–Kier alpha value is -5.06. The molecule has 0 radical (unpaired) electrons. The van der Waals surface area contributed by atoms with Crippen LogP contribution in [0.25, 0.3) is 22.3 Å². The second kappa shape index (κ2) is 11.2. The van der Waals surface area contributed by atoms with Crippen molar-refractivity contribution in [1.29, 1.82) is 5.26 Å². The number of rotatable bonds is 9. The van der Waals surface area contributed by atoms with Crippen LogP contribution >= 0.6 is 0 Å². The highest BCUT2D eigenvalue weighted by atomic mass is 32.2. The Bertz CT molecular complexity index is 2040. The van der Waals surface area contributed by atoms with Gasteiger partial charge in [0.15, 0.2) is 5.65 Å². The second-order valence-corrected chi connectivity index (χ2v) is 13.1. The van der Waals surface area contributed by atoms with Crippen LogP contribution in [0.15, 0.2) is 73.4 Å². The molecule has 0 atom stereocenters. The monoisotopic (exact) mass is 610 g/mol. The molecule has 1 fully saturated rings. The quantitative estimate of drug-likeness (QED) is 0.259. The Kier molecular flexibility index (Phi) is 7.40. The topological polar surface area (TPSA) is 148 Å². The van der Waals surface area contributed by atoms with Gasteiger partial charge in [-0.15, -0.1) is 0 Å². The van der Waals surface area contributed by atoms with Crippen LogP contribution in [-0.4, -0.2) is 62.0 Å². The molecular weight excluding hydrogens is 580 g/mol. The summed E-state index contributed by atoms with van der Waals surface area (Å²) in [5.41, 5.74) is 4.90. The minimum absolute atomic E-state index is 0.00500. The highest BCUT2D eigenvalue weighted by Gasteiger charge is 2.49. The van der Waals surface area contributed by atoms with Crippen molar-refractivity contribution in [3.05, 3.63) is 90.1 Å². The number of sulfonamides is 1. The SMILES string of the molecule is CCS(=O)(=O)N1CC(CC#N)(n2cc(-c3ncnc4c3ccn4OC(=O)c3ccccc3Nc3cccc(C)c3C)cn2)C1. The van der Waals surface area contributed by atoms with Gasteiger partial charge in [-0.25, -0.2) is 23.2 Å². The maximum absolute atomic E-state index is 13.4. The smallest absolute Gasteiger partial charge is 0.355 e. The highest BCUT2D eigenvalue weighted by molar-refractivity contribution is 7.89. The standard InChI is InChI=1S/C31H30N8O4S/c1-4-44(41,42)37-18-31(19-37,13-14-32)39-17-23(16-35-39)28-25-12-15-38(29(25)34-20-33-28)43-30(40)24-9-5-6-10-27(24)36-26-11-7-8-21(2)22(26)3/h5-12,15-17,20,36H,4,13,18-19H2,1-3H3. The minimum atomic E-state index is -3.37. The van der Waals surface area contributed by atoms with Crippen LogP contribution in [0.4, 0.5) is 11.4 Å². The maximum atomic E-state index is 13.4. The van der Waals surface area contributed by atoms with Crippen LogP contribution in [0.3, 0.4) is 0 Å². The molecule has 4 heterocycles. The first kappa shape index (κ1) is 29.0. The number of benzene rings is 2. The molecule has 0 unspecified atom stereocenters. The zero-order valence-electron chi connectivity index (χ0n) is 24.4. The first-order valence-electron chi connectivity index (χ1n) is 14.0. The van der Waals surface area contributed by atoms with Crippen molar-refractivity contribution in [3.8, 4) is 17.3 Å². The van der Waals surface area contributed by atoms with E-state index < -0.39 is 21.5 Å². The van der Waals surface area contributed by atoms with E-state index in [-0.39, 0.29) is 25.3 Å².